The highest BCUT2D eigenvalue weighted by molar-refractivity contribution is 9.10. The number of hydrogen-bond acceptors (Lipinski definition) is 2. The quantitative estimate of drug-likeness (QED) is 0.940. The average molecular weight is 294 g/mol. The molecular weight excluding hydrogens is 278 g/mol. The summed E-state index contributed by atoms with van der Waals surface area (Å²) in [4.78, 5) is 0. The van der Waals surface area contributed by atoms with E-state index in [1.807, 2.05) is 19.4 Å². The molecule has 0 aliphatic heterocycles. The van der Waals surface area contributed by atoms with Crippen LogP contribution in [0.1, 0.15) is 16.7 Å². The van der Waals surface area contributed by atoms with Crippen LogP contribution in [0.5, 0.6) is 0 Å². The normalized spacial score (nSPS) is 10.6. The lowest BCUT2D eigenvalue weighted by Crippen LogP contribution is -2.03. The lowest BCUT2D eigenvalue weighted by Gasteiger charge is -2.11. The number of benzene rings is 1. The molecule has 1 N–H and O–H groups in total. The highest BCUT2D eigenvalue weighted by atomic mass is 79.9. The molecule has 0 bridgehead atoms. The van der Waals surface area contributed by atoms with Crippen molar-refractivity contribution in [2.75, 3.05) is 5.32 Å². The summed E-state index contributed by atoms with van der Waals surface area (Å²) in [5, 5.41) is 7.52. The van der Waals surface area contributed by atoms with Crippen molar-refractivity contribution in [2.45, 2.75) is 20.4 Å². The zero-order valence-electron chi connectivity index (χ0n) is 10.3. The van der Waals surface area contributed by atoms with Gasteiger partial charge in [-0.05, 0) is 42.7 Å². The maximum absolute atomic E-state index is 4.13. The molecule has 17 heavy (non-hydrogen) atoms. The minimum Gasteiger partial charge on any atom is -0.378 e. The molecule has 0 atom stereocenters. The van der Waals surface area contributed by atoms with Crippen molar-refractivity contribution in [1.82, 2.24) is 9.78 Å². The summed E-state index contributed by atoms with van der Waals surface area (Å²) in [6.45, 7) is 5.10. The van der Waals surface area contributed by atoms with E-state index in [4.69, 9.17) is 0 Å². The summed E-state index contributed by atoms with van der Waals surface area (Å²) in [5.41, 5.74) is 4.99. The molecule has 2 aromatic rings. The van der Waals surface area contributed by atoms with Gasteiger partial charge in [-0.25, -0.2) is 0 Å². The number of hydrogen-bond donors (Lipinski definition) is 1. The third-order valence-electron chi connectivity index (χ3n) is 2.83. The van der Waals surface area contributed by atoms with Gasteiger partial charge < -0.3 is 5.32 Å². The Morgan fingerprint density at radius 1 is 1.29 bits per heavy atom. The van der Waals surface area contributed by atoms with Crippen molar-refractivity contribution in [1.29, 1.82) is 0 Å². The summed E-state index contributed by atoms with van der Waals surface area (Å²) >= 11 is 3.51. The molecular formula is C13H16BrN3. The van der Waals surface area contributed by atoms with Crippen LogP contribution >= 0.6 is 15.9 Å². The van der Waals surface area contributed by atoms with Gasteiger partial charge in [-0.3, -0.25) is 4.68 Å². The third kappa shape index (κ3) is 2.88. The van der Waals surface area contributed by atoms with Gasteiger partial charge in [-0.15, -0.1) is 0 Å². The monoisotopic (exact) mass is 293 g/mol. The van der Waals surface area contributed by atoms with E-state index in [2.05, 4.69) is 52.3 Å². The second-order valence-electron chi connectivity index (χ2n) is 4.27. The van der Waals surface area contributed by atoms with Gasteiger partial charge in [0.1, 0.15) is 0 Å². The average Bonchev–Trinajstić information content (AvgIpc) is 2.62. The largest absolute Gasteiger partial charge is 0.378 e. The van der Waals surface area contributed by atoms with Gasteiger partial charge in [0, 0.05) is 24.3 Å². The topological polar surface area (TPSA) is 29.9 Å². The molecule has 0 spiro atoms. The molecule has 3 nitrogen and oxygen atoms in total. The first-order valence-electron chi connectivity index (χ1n) is 5.54. The van der Waals surface area contributed by atoms with Crippen LogP contribution in [0, 0.1) is 13.8 Å². The smallest absolute Gasteiger partial charge is 0.0729 e. The molecule has 0 aliphatic carbocycles. The van der Waals surface area contributed by atoms with Crippen LogP contribution in [-0.2, 0) is 13.6 Å². The fourth-order valence-electron chi connectivity index (χ4n) is 1.92. The van der Waals surface area contributed by atoms with Gasteiger partial charge in [-0.2, -0.15) is 5.10 Å². The molecule has 0 amide bonds. The fraction of sp³-hybridized carbons (Fsp3) is 0.308. The Balaban J connectivity index is 2.14. The van der Waals surface area contributed by atoms with Crippen molar-refractivity contribution >= 4 is 21.6 Å². The Labute approximate surface area is 110 Å². The van der Waals surface area contributed by atoms with Gasteiger partial charge in [0.15, 0.2) is 0 Å². The van der Waals surface area contributed by atoms with E-state index >= 15 is 0 Å². The standard InChI is InChI=1S/C13H16BrN3/c1-9-4-11(14)5-10(2)13(9)7-15-12-6-16-17(3)8-12/h4-6,8,15H,7H2,1-3H3. The second-order valence-corrected chi connectivity index (χ2v) is 5.19. The number of halogens is 1. The van der Waals surface area contributed by atoms with E-state index < -0.39 is 0 Å². The lowest BCUT2D eigenvalue weighted by molar-refractivity contribution is 0.768. The molecule has 0 unspecified atom stereocenters. The van der Waals surface area contributed by atoms with Gasteiger partial charge in [0.05, 0.1) is 11.9 Å². The molecule has 1 aromatic heterocycles. The predicted octanol–water partition coefficient (Wildman–Crippen LogP) is 3.41. The predicted molar refractivity (Wildman–Crippen MR) is 74.2 cm³/mol. The maximum atomic E-state index is 4.13. The van der Waals surface area contributed by atoms with E-state index in [9.17, 15) is 0 Å². The lowest BCUT2D eigenvalue weighted by atomic mass is 10.0. The number of rotatable bonds is 3. The Morgan fingerprint density at radius 3 is 2.47 bits per heavy atom. The summed E-state index contributed by atoms with van der Waals surface area (Å²) in [5.74, 6) is 0. The van der Waals surface area contributed by atoms with Crippen LogP contribution in [0.2, 0.25) is 0 Å². The Bertz CT molecular complexity index is 508. The highest BCUT2D eigenvalue weighted by Gasteiger charge is 2.04. The van der Waals surface area contributed by atoms with Crippen LogP contribution in [0.15, 0.2) is 29.0 Å². The van der Waals surface area contributed by atoms with E-state index in [0.717, 1.165) is 16.7 Å². The molecule has 90 valence electrons. The summed E-state index contributed by atoms with van der Waals surface area (Å²) < 4.78 is 2.93. The number of nitrogens with zero attached hydrogens (tertiary/aromatic N) is 2. The van der Waals surface area contributed by atoms with Gasteiger partial charge in [0.2, 0.25) is 0 Å². The van der Waals surface area contributed by atoms with E-state index in [1.165, 1.54) is 16.7 Å². The van der Waals surface area contributed by atoms with Crippen LogP contribution in [-0.4, -0.2) is 9.78 Å². The SMILES string of the molecule is Cc1cc(Br)cc(C)c1CNc1cnn(C)c1. The van der Waals surface area contributed by atoms with Crippen molar-refractivity contribution in [2.24, 2.45) is 7.05 Å². The van der Waals surface area contributed by atoms with Crippen LogP contribution < -0.4 is 5.32 Å². The van der Waals surface area contributed by atoms with Crippen molar-refractivity contribution in [3.63, 3.8) is 0 Å². The first-order chi connectivity index (χ1) is 8.06. The van der Waals surface area contributed by atoms with Crippen LogP contribution in [0.25, 0.3) is 0 Å². The molecule has 2 rings (SSSR count). The van der Waals surface area contributed by atoms with Gasteiger partial charge in [-0.1, -0.05) is 15.9 Å². The molecule has 0 radical (unpaired) electrons. The van der Waals surface area contributed by atoms with E-state index in [1.54, 1.807) is 4.68 Å². The minimum atomic E-state index is 0.830. The first kappa shape index (κ1) is 12.2. The molecule has 0 aliphatic rings. The number of aryl methyl sites for hydroxylation is 3. The van der Waals surface area contributed by atoms with Crippen LogP contribution in [0.4, 0.5) is 5.69 Å². The summed E-state index contributed by atoms with van der Waals surface area (Å²) in [7, 11) is 1.92. The number of anilines is 1. The Morgan fingerprint density at radius 2 is 1.94 bits per heavy atom. The summed E-state index contributed by atoms with van der Waals surface area (Å²) in [6.07, 6.45) is 3.81. The fourth-order valence-corrected chi connectivity index (χ4v) is 2.61. The zero-order valence-corrected chi connectivity index (χ0v) is 11.9. The Kier molecular flexibility index (Phi) is 3.52. The number of aromatic nitrogens is 2. The maximum Gasteiger partial charge on any atom is 0.0729 e. The molecule has 1 aromatic carbocycles. The second kappa shape index (κ2) is 4.92. The summed E-state index contributed by atoms with van der Waals surface area (Å²) in [6, 6.07) is 4.29. The molecule has 1 heterocycles. The highest BCUT2D eigenvalue weighted by Crippen LogP contribution is 2.21. The zero-order chi connectivity index (χ0) is 12.4. The molecule has 0 fully saturated rings. The van der Waals surface area contributed by atoms with E-state index in [-0.39, 0.29) is 0 Å². The van der Waals surface area contributed by atoms with Crippen LogP contribution in [0.3, 0.4) is 0 Å². The number of nitrogens with one attached hydrogen (secondary N) is 1. The van der Waals surface area contributed by atoms with Gasteiger partial charge >= 0.3 is 0 Å². The first-order valence-corrected chi connectivity index (χ1v) is 6.33. The molecule has 0 saturated heterocycles. The van der Waals surface area contributed by atoms with Gasteiger partial charge in [0.25, 0.3) is 0 Å². The van der Waals surface area contributed by atoms with Crippen molar-refractivity contribution in [3.05, 3.63) is 45.7 Å². The minimum absolute atomic E-state index is 0.830. The Hall–Kier alpha value is -1.29. The van der Waals surface area contributed by atoms with Crippen molar-refractivity contribution < 1.29 is 0 Å². The van der Waals surface area contributed by atoms with E-state index in [0.29, 0.717) is 0 Å². The molecule has 0 saturated carbocycles. The third-order valence-corrected chi connectivity index (χ3v) is 3.29. The molecule has 4 heteroatoms. The van der Waals surface area contributed by atoms with Crippen molar-refractivity contribution in [3.8, 4) is 0 Å².